The number of hydrogen-bond donors (Lipinski definition) is 1. The van der Waals surface area contributed by atoms with Gasteiger partial charge in [0, 0.05) is 13.1 Å². The van der Waals surface area contributed by atoms with E-state index in [-0.39, 0.29) is 12.6 Å². The van der Waals surface area contributed by atoms with Crippen LogP contribution in [0.5, 0.6) is 0 Å². The lowest BCUT2D eigenvalue weighted by Gasteiger charge is -2.15. The van der Waals surface area contributed by atoms with E-state index in [2.05, 4.69) is 5.32 Å². The van der Waals surface area contributed by atoms with Crippen LogP contribution < -0.4 is 5.32 Å². The molecule has 1 aromatic carbocycles. The molecule has 0 atom stereocenters. The van der Waals surface area contributed by atoms with E-state index in [1.807, 2.05) is 30.3 Å². The predicted molar refractivity (Wildman–Crippen MR) is 66.0 cm³/mol. The molecule has 5 heteroatoms. The lowest BCUT2D eigenvalue weighted by atomic mass is 10.2. The molecule has 1 heterocycles. The molecule has 0 aliphatic carbocycles. The molecule has 0 radical (unpaired) electrons. The van der Waals surface area contributed by atoms with Crippen molar-refractivity contribution in [2.45, 2.75) is 19.4 Å². The van der Waals surface area contributed by atoms with Gasteiger partial charge in [0.25, 0.3) is 0 Å². The third-order valence-corrected chi connectivity index (χ3v) is 2.82. The summed E-state index contributed by atoms with van der Waals surface area (Å²) in [6, 6.07) is 8.97. The molecule has 1 saturated heterocycles. The zero-order valence-electron chi connectivity index (χ0n) is 10.1. The number of rotatable bonds is 2. The summed E-state index contributed by atoms with van der Waals surface area (Å²) in [5.74, 6) is 0. The molecule has 1 aromatic rings. The number of nitrogens with zero attached hydrogens (tertiary/aromatic N) is 1. The number of likely N-dealkylation sites (tertiary alicyclic amines) is 1. The zero-order valence-corrected chi connectivity index (χ0v) is 10.1. The monoisotopic (exact) mass is 248 g/mol. The van der Waals surface area contributed by atoms with Gasteiger partial charge in [-0.2, -0.15) is 0 Å². The van der Waals surface area contributed by atoms with Gasteiger partial charge in [-0.3, -0.25) is 0 Å². The van der Waals surface area contributed by atoms with Crippen molar-refractivity contribution in [2.75, 3.05) is 13.1 Å². The van der Waals surface area contributed by atoms with Gasteiger partial charge in [0.15, 0.2) is 0 Å². The first-order valence-corrected chi connectivity index (χ1v) is 6.02. The Morgan fingerprint density at radius 3 is 2.50 bits per heavy atom. The lowest BCUT2D eigenvalue weighted by Crippen LogP contribution is -2.41. The number of imide groups is 1. The van der Waals surface area contributed by atoms with Gasteiger partial charge in [0.1, 0.15) is 6.61 Å². The van der Waals surface area contributed by atoms with Gasteiger partial charge in [-0.25, -0.2) is 14.9 Å². The van der Waals surface area contributed by atoms with Gasteiger partial charge >= 0.3 is 12.1 Å². The van der Waals surface area contributed by atoms with E-state index in [1.54, 1.807) is 4.90 Å². The first-order chi connectivity index (χ1) is 8.75. The number of amides is 3. The quantitative estimate of drug-likeness (QED) is 0.872. The molecule has 18 heavy (non-hydrogen) atoms. The maximum atomic E-state index is 11.6. The average molecular weight is 248 g/mol. The van der Waals surface area contributed by atoms with Gasteiger partial charge in [-0.1, -0.05) is 30.3 Å². The summed E-state index contributed by atoms with van der Waals surface area (Å²) in [6.07, 6.45) is 1.29. The Kier molecular flexibility index (Phi) is 4.17. The van der Waals surface area contributed by atoms with Crippen molar-refractivity contribution >= 4 is 12.1 Å². The van der Waals surface area contributed by atoms with Crippen molar-refractivity contribution in [1.29, 1.82) is 0 Å². The van der Waals surface area contributed by atoms with Gasteiger partial charge in [-0.05, 0) is 18.4 Å². The Balaban J connectivity index is 1.73. The first-order valence-electron chi connectivity index (χ1n) is 6.02. The fraction of sp³-hybridized carbons (Fsp3) is 0.385. The Bertz CT molecular complexity index is 414. The SMILES string of the molecule is O=C(NC(=O)N1CCCC1)OCc1ccccc1. The summed E-state index contributed by atoms with van der Waals surface area (Å²) in [7, 11) is 0. The molecule has 0 aromatic heterocycles. The summed E-state index contributed by atoms with van der Waals surface area (Å²) >= 11 is 0. The zero-order chi connectivity index (χ0) is 12.8. The molecule has 0 saturated carbocycles. The lowest BCUT2D eigenvalue weighted by molar-refractivity contribution is 0.137. The van der Waals surface area contributed by atoms with Crippen molar-refractivity contribution in [1.82, 2.24) is 10.2 Å². The molecule has 96 valence electrons. The smallest absolute Gasteiger partial charge is 0.415 e. The second-order valence-corrected chi connectivity index (χ2v) is 4.19. The van der Waals surface area contributed by atoms with E-state index in [0.717, 1.165) is 18.4 Å². The number of benzene rings is 1. The molecule has 2 rings (SSSR count). The van der Waals surface area contributed by atoms with E-state index in [0.29, 0.717) is 13.1 Å². The van der Waals surface area contributed by atoms with Gasteiger partial charge in [0.05, 0.1) is 0 Å². The number of urea groups is 1. The fourth-order valence-electron chi connectivity index (χ4n) is 1.85. The number of alkyl carbamates (subject to hydrolysis) is 1. The standard InChI is InChI=1S/C13H16N2O3/c16-12(15-8-4-5-9-15)14-13(17)18-10-11-6-2-1-3-7-11/h1-3,6-7H,4-5,8-10H2,(H,14,16,17). The molecule has 5 nitrogen and oxygen atoms in total. The summed E-state index contributed by atoms with van der Waals surface area (Å²) in [6.45, 7) is 1.58. The summed E-state index contributed by atoms with van der Waals surface area (Å²) < 4.78 is 4.96. The van der Waals surface area contributed by atoms with Crippen LogP contribution in [-0.4, -0.2) is 30.1 Å². The molecule has 3 amide bonds. The summed E-state index contributed by atoms with van der Waals surface area (Å²) in [4.78, 5) is 24.6. The van der Waals surface area contributed by atoms with Crippen molar-refractivity contribution in [3.8, 4) is 0 Å². The third kappa shape index (κ3) is 3.48. The number of carbonyl (C=O) groups excluding carboxylic acids is 2. The number of hydrogen-bond acceptors (Lipinski definition) is 3. The number of ether oxygens (including phenoxy) is 1. The minimum atomic E-state index is -0.698. The van der Waals surface area contributed by atoms with E-state index in [4.69, 9.17) is 4.74 Å². The molecule has 0 bridgehead atoms. The highest BCUT2D eigenvalue weighted by atomic mass is 16.5. The maximum Gasteiger partial charge on any atom is 0.415 e. The Morgan fingerprint density at radius 2 is 1.83 bits per heavy atom. The second kappa shape index (κ2) is 6.05. The topological polar surface area (TPSA) is 58.6 Å². The molecule has 1 aliphatic rings. The van der Waals surface area contributed by atoms with Crippen molar-refractivity contribution in [3.63, 3.8) is 0 Å². The van der Waals surface area contributed by atoms with Gasteiger partial charge in [0.2, 0.25) is 0 Å². The highest BCUT2D eigenvalue weighted by molar-refractivity contribution is 5.90. The van der Waals surface area contributed by atoms with Crippen LogP contribution >= 0.6 is 0 Å². The van der Waals surface area contributed by atoms with Gasteiger partial charge < -0.3 is 9.64 Å². The largest absolute Gasteiger partial charge is 0.444 e. The van der Waals surface area contributed by atoms with Crippen LogP contribution in [0, 0.1) is 0 Å². The van der Waals surface area contributed by atoms with E-state index < -0.39 is 6.09 Å². The first kappa shape index (κ1) is 12.4. The van der Waals surface area contributed by atoms with Crippen LogP contribution in [0.25, 0.3) is 0 Å². The number of nitrogens with one attached hydrogen (secondary N) is 1. The molecule has 0 unspecified atom stereocenters. The average Bonchev–Trinajstić information content (AvgIpc) is 2.91. The Hall–Kier alpha value is -2.04. The van der Waals surface area contributed by atoms with Crippen molar-refractivity contribution in [2.24, 2.45) is 0 Å². The van der Waals surface area contributed by atoms with E-state index >= 15 is 0 Å². The second-order valence-electron chi connectivity index (χ2n) is 4.19. The minimum Gasteiger partial charge on any atom is -0.444 e. The Labute approximate surface area is 106 Å². The van der Waals surface area contributed by atoms with E-state index in [1.165, 1.54) is 0 Å². The van der Waals surface area contributed by atoms with Gasteiger partial charge in [-0.15, -0.1) is 0 Å². The van der Waals surface area contributed by atoms with E-state index in [9.17, 15) is 9.59 Å². The fourth-order valence-corrected chi connectivity index (χ4v) is 1.85. The van der Waals surface area contributed by atoms with Crippen LogP contribution in [0.1, 0.15) is 18.4 Å². The minimum absolute atomic E-state index is 0.167. The molecule has 1 fully saturated rings. The molecule has 1 N–H and O–H groups in total. The predicted octanol–water partition coefficient (Wildman–Crippen LogP) is 2.13. The van der Waals surface area contributed by atoms with Crippen LogP contribution in [0.2, 0.25) is 0 Å². The van der Waals surface area contributed by atoms with Crippen molar-refractivity contribution < 1.29 is 14.3 Å². The third-order valence-electron chi connectivity index (χ3n) is 2.82. The molecule has 1 aliphatic heterocycles. The van der Waals surface area contributed by atoms with Crippen LogP contribution in [0.3, 0.4) is 0 Å². The highest BCUT2D eigenvalue weighted by Gasteiger charge is 2.20. The summed E-state index contributed by atoms with van der Waals surface area (Å²) in [5, 5.41) is 2.22. The Morgan fingerprint density at radius 1 is 1.17 bits per heavy atom. The van der Waals surface area contributed by atoms with Crippen LogP contribution in [0.15, 0.2) is 30.3 Å². The number of carbonyl (C=O) groups is 2. The van der Waals surface area contributed by atoms with Crippen LogP contribution in [-0.2, 0) is 11.3 Å². The van der Waals surface area contributed by atoms with Crippen LogP contribution in [0.4, 0.5) is 9.59 Å². The van der Waals surface area contributed by atoms with Crippen molar-refractivity contribution in [3.05, 3.63) is 35.9 Å². The highest BCUT2D eigenvalue weighted by Crippen LogP contribution is 2.07. The molecular weight excluding hydrogens is 232 g/mol. The molecular formula is C13H16N2O3. The normalized spacial score (nSPS) is 14.3. The maximum absolute atomic E-state index is 11.6. The summed E-state index contributed by atoms with van der Waals surface area (Å²) in [5.41, 5.74) is 0.890. The molecule has 0 spiro atoms.